The van der Waals surface area contributed by atoms with Crippen molar-refractivity contribution in [2.45, 2.75) is 19.4 Å². The summed E-state index contributed by atoms with van der Waals surface area (Å²) in [6.45, 7) is 1.95. The molecule has 7 heteroatoms. The maximum absolute atomic E-state index is 13.3. The second-order valence-corrected chi connectivity index (χ2v) is 4.24. The van der Waals surface area contributed by atoms with Gasteiger partial charge >= 0.3 is 0 Å². The fourth-order valence-corrected chi connectivity index (χ4v) is 1.84. The Morgan fingerprint density at radius 3 is 2.90 bits per heavy atom. The minimum atomic E-state index is -0.693. The van der Waals surface area contributed by atoms with Gasteiger partial charge in [0.05, 0.1) is 18.7 Å². The number of amides is 1. The van der Waals surface area contributed by atoms with Crippen LogP contribution in [0.3, 0.4) is 0 Å². The van der Waals surface area contributed by atoms with Gasteiger partial charge in [-0.25, -0.2) is 0 Å². The van der Waals surface area contributed by atoms with Crippen molar-refractivity contribution in [3.63, 3.8) is 0 Å². The summed E-state index contributed by atoms with van der Waals surface area (Å²) in [5.74, 6) is -0.810. The first-order chi connectivity index (χ1) is 9.53. The number of primary amides is 1. The fraction of sp³-hybridized carbons (Fsp3) is 0.308. The summed E-state index contributed by atoms with van der Waals surface area (Å²) in [5, 5.41) is 2.87. The highest BCUT2D eigenvalue weighted by atomic mass is 19.1. The van der Waals surface area contributed by atoms with Crippen LogP contribution >= 0.6 is 0 Å². The molecule has 0 spiro atoms. The lowest BCUT2D eigenvalue weighted by Gasteiger charge is -2.09. The predicted octanol–water partition coefficient (Wildman–Crippen LogP) is 1.24. The van der Waals surface area contributed by atoms with Crippen molar-refractivity contribution < 1.29 is 13.9 Å². The van der Waals surface area contributed by atoms with Crippen LogP contribution in [0.4, 0.5) is 10.1 Å². The van der Waals surface area contributed by atoms with E-state index in [1.807, 2.05) is 6.92 Å². The summed E-state index contributed by atoms with van der Waals surface area (Å²) in [7, 11) is 1.39. The molecule has 0 radical (unpaired) electrons. The first-order valence-corrected chi connectivity index (χ1v) is 6.12. The van der Waals surface area contributed by atoms with Gasteiger partial charge in [-0.1, -0.05) is 6.92 Å². The fourth-order valence-electron chi connectivity index (χ4n) is 1.84. The van der Waals surface area contributed by atoms with Crippen molar-refractivity contribution in [2.75, 3.05) is 12.4 Å². The molecule has 1 aliphatic heterocycles. The summed E-state index contributed by atoms with van der Waals surface area (Å²) in [6.07, 6.45) is 2.44. The van der Waals surface area contributed by atoms with Crippen LogP contribution in [-0.4, -0.2) is 29.9 Å². The number of nitrogens with one attached hydrogen (secondary N) is 1. The molecule has 1 aromatic rings. The van der Waals surface area contributed by atoms with Gasteiger partial charge in [-0.15, -0.1) is 0 Å². The first kappa shape index (κ1) is 14.0. The van der Waals surface area contributed by atoms with Crippen molar-refractivity contribution in [3.8, 4) is 5.88 Å². The Morgan fingerprint density at radius 2 is 2.30 bits per heavy atom. The van der Waals surface area contributed by atoms with E-state index in [9.17, 15) is 9.18 Å². The number of anilines is 1. The Bertz CT molecular complexity index is 598. The van der Waals surface area contributed by atoms with E-state index >= 15 is 0 Å². The van der Waals surface area contributed by atoms with Gasteiger partial charge in [-0.05, 0) is 12.5 Å². The topological polar surface area (TPSA) is 89.6 Å². The highest BCUT2D eigenvalue weighted by Crippen LogP contribution is 2.20. The molecule has 106 valence electrons. The molecule has 0 saturated heterocycles. The standard InChI is InChI=1S/C13H15FN4O2/c1-3-7-4-9(12(15)19)13(16-7)17-8-5-10(14)18-11(6-8)20-2/h4-7H,3H2,1-2H3,(H2,15,19)(H,16,17,18). The molecule has 2 heterocycles. The summed E-state index contributed by atoms with van der Waals surface area (Å²) in [6, 6.07) is 2.58. The highest BCUT2D eigenvalue weighted by Gasteiger charge is 2.22. The molecule has 0 fully saturated rings. The van der Waals surface area contributed by atoms with Gasteiger partial charge in [0.2, 0.25) is 11.8 Å². The molecule has 1 atom stereocenters. The van der Waals surface area contributed by atoms with Gasteiger partial charge < -0.3 is 15.8 Å². The van der Waals surface area contributed by atoms with E-state index in [4.69, 9.17) is 10.5 Å². The average Bonchev–Trinajstić information content (AvgIpc) is 2.81. The zero-order valence-corrected chi connectivity index (χ0v) is 11.2. The lowest BCUT2D eigenvalue weighted by atomic mass is 10.1. The lowest BCUT2D eigenvalue weighted by Crippen LogP contribution is -2.24. The van der Waals surface area contributed by atoms with Gasteiger partial charge in [0.15, 0.2) is 0 Å². The van der Waals surface area contributed by atoms with Crippen LogP contribution in [0.15, 0.2) is 28.8 Å². The smallest absolute Gasteiger partial charge is 0.252 e. The van der Waals surface area contributed by atoms with Crippen molar-refractivity contribution >= 4 is 17.4 Å². The number of aliphatic imine (C=N–C) groups is 1. The quantitative estimate of drug-likeness (QED) is 0.811. The summed E-state index contributed by atoms with van der Waals surface area (Å²) in [4.78, 5) is 19.2. The Kier molecular flexibility index (Phi) is 3.97. The number of ether oxygens (including phenoxy) is 1. The average molecular weight is 278 g/mol. The monoisotopic (exact) mass is 278 g/mol. The van der Waals surface area contributed by atoms with E-state index in [0.29, 0.717) is 17.1 Å². The molecule has 1 unspecified atom stereocenters. The molecular formula is C13H15FN4O2. The van der Waals surface area contributed by atoms with Crippen LogP contribution in [0.5, 0.6) is 5.88 Å². The number of hydrogen-bond donors (Lipinski definition) is 2. The van der Waals surface area contributed by atoms with E-state index in [-0.39, 0.29) is 11.9 Å². The maximum atomic E-state index is 13.3. The van der Waals surface area contributed by atoms with Crippen LogP contribution in [-0.2, 0) is 4.79 Å². The molecule has 0 aromatic carbocycles. The van der Waals surface area contributed by atoms with Crippen LogP contribution < -0.4 is 15.8 Å². The maximum Gasteiger partial charge on any atom is 0.252 e. The highest BCUT2D eigenvalue weighted by molar-refractivity contribution is 6.26. The van der Waals surface area contributed by atoms with E-state index in [2.05, 4.69) is 15.3 Å². The number of pyridine rings is 1. The summed E-state index contributed by atoms with van der Waals surface area (Å²) >= 11 is 0. The van der Waals surface area contributed by atoms with Crippen LogP contribution in [0.25, 0.3) is 0 Å². The van der Waals surface area contributed by atoms with Crippen molar-refractivity contribution in [2.24, 2.45) is 10.7 Å². The second-order valence-electron chi connectivity index (χ2n) is 4.24. The third kappa shape index (κ3) is 2.93. The molecule has 3 N–H and O–H groups in total. The third-order valence-corrected chi connectivity index (χ3v) is 2.84. The van der Waals surface area contributed by atoms with Crippen molar-refractivity contribution in [3.05, 3.63) is 29.7 Å². The molecule has 1 aliphatic rings. The number of rotatable bonds is 4. The number of carbonyl (C=O) groups is 1. The zero-order valence-electron chi connectivity index (χ0n) is 11.2. The van der Waals surface area contributed by atoms with Gasteiger partial charge in [0.1, 0.15) is 5.84 Å². The molecule has 0 aliphatic carbocycles. The second kappa shape index (κ2) is 5.68. The Balaban J connectivity index is 2.27. The van der Waals surface area contributed by atoms with Gasteiger partial charge in [-0.2, -0.15) is 9.37 Å². The molecule has 20 heavy (non-hydrogen) atoms. The van der Waals surface area contributed by atoms with E-state index in [1.54, 1.807) is 6.08 Å². The van der Waals surface area contributed by atoms with Crippen LogP contribution in [0.2, 0.25) is 0 Å². The minimum Gasteiger partial charge on any atom is -0.481 e. The SMILES string of the molecule is CCC1C=C(C(N)=O)C(Nc2cc(F)nc(OC)c2)=N1. The largest absolute Gasteiger partial charge is 0.481 e. The van der Waals surface area contributed by atoms with Crippen LogP contribution in [0.1, 0.15) is 13.3 Å². The number of nitrogens with zero attached hydrogens (tertiary/aromatic N) is 2. The predicted molar refractivity (Wildman–Crippen MR) is 73.2 cm³/mol. The lowest BCUT2D eigenvalue weighted by molar-refractivity contribution is -0.114. The van der Waals surface area contributed by atoms with E-state index < -0.39 is 11.9 Å². The van der Waals surface area contributed by atoms with Crippen LogP contribution in [0, 0.1) is 5.95 Å². The van der Waals surface area contributed by atoms with Gasteiger partial charge in [0.25, 0.3) is 5.91 Å². The molecular weight excluding hydrogens is 263 g/mol. The number of aromatic nitrogens is 1. The number of hydrogen-bond acceptors (Lipinski definition) is 5. The number of halogens is 1. The molecule has 0 saturated carbocycles. The Hall–Kier alpha value is -2.44. The molecule has 6 nitrogen and oxygen atoms in total. The Morgan fingerprint density at radius 1 is 1.55 bits per heavy atom. The van der Waals surface area contributed by atoms with E-state index in [0.717, 1.165) is 6.42 Å². The molecule has 2 rings (SSSR count). The number of carbonyl (C=O) groups excluding carboxylic acids is 1. The molecule has 1 aromatic heterocycles. The Labute approximate surface area is 115 Å². The molecule has 1 amide bonds. The number of nitrogens with two attached hydrogens (primary N) is 1. The number of amidine groups is 1. The molecule has 0 bridgehead atoms. The van der Waals surface area contributed by atoms with Crippen molar-refractivity contribution in [1.29, 1.82) is 0 Å². The van der Waals surface area contributed by atoms with Gasteiger partial charge in [0, 0.05) is 17.8 Å². The normalized spacial score (nSPS) is 17.4. The van der Waals surface area contributed by atoms with Crippen molar-refractivity contribution in [1.82, 2.24) is 4.98 Å². The first-order valence-electron chi connectivity index (χ1n) is 6.12. The zero-order chi connectivity index (χ0) is 14.7. The third-order valence-electron chi connectivity index (χ3n) is 2.84. The minimum absolute atomic E-state index is 0.103. The summed E-state index contributed by atoms with van der Waals surface area (Å²) in [5.41, 5.74) is 5.99. The number of methoxy groups -OCH3 is 1. The van der Waals surface area contributed by atoms with E-state index in [1.165, 1.54) is 19.2 Å². The summed E-state index contributed by atoms with van der Waals surface area (Å²) < 4.78 is 18.2. The van der Waals surface area contributed by atoms with Gasteiger partial charge in [-0.3, -0.25) is 9.79 Å².